The minimum absolute atomic E-state index is 0.0362. The number of hydrogen-bond donors (Lipinski definition) is 3. The van der Waals surface area contributed by atoms with Gasteiger partial charge in [0, 0.05) is 18.7 Å². The van der Waals surface area contributed by atoms with E-state index in [0.29, 0.717) is 5.82 Å². The second-order valence-electron chi connectivity index (χ2n) is 4.50. The smallest absolute Gasteiger partial charge is 0.311 e. The van der Waals surface area contributed by atoms with Crippen LogP contribution in [-0.2, 0) is 0 Å². The molecule has 0 fully saturated rings. The van der Waals surface area contributed by atoms with Crippen LogP contribution in [0.3, 0.4) is 0 Å². The van der Waals surface area contributed by atoms with E-state index < -0.39 is 4.92 Å². The van der Waals surface area contributed by atoms with E-state index in [2.05, 4.69) is 34.5 Å². The Morgan fingerprint density at radius 3 is 2.60 bits per heavy atom. The summed E-state index contributed by atoms with van der Waals surface area (Å²) in [5.74, 6) is 5.89. The molecule has 1 aromatic rings. The zero-order valence-electron chi connectivity index (χ0n) is 12.1. The van der Waals surface area contributed by atoms with E-state index in [9.17, 15) is 10.1 Å². The molecule has 0 saturated heterocycles. The standard InChI is InChI=1S/C12H22N6O2/c1-4-17(5-2)8-9(3)14-12-10(18(19)20)6-7-11(15-12)16-13/h6-7,9H,4-5,8,13H2,1-3H3,(H2,14,15,16). The molecule has 0 aliphatic carbocycles. The number of nitrogens with two attached hydrogens (primary N) is 1. The van der Waals surface area contributed by atoms with Gasteiger partial charge in [-0.3, -0.25) is 10.1 Å². The van der Waals surface area contributed by atoms with Gasteiger partial charge in [0.15, 0.2) is 0 Å². The molecule has 1 unspecified atom stereocenters. The number of pyridine rings is 1. The SMILES string of the molecule is CCN(CC)CC(C)Nc1nc(NN)ccc1[N+](=O)[O-]. The van der Waals surface area contributed by atoms with Crippen LogP contribution in [0.15, 0.2) is 12.1 Å². The quantitative estimate of drug-likeness (QED) is 0.376. The summed E-state index contributed by atoms with van der Waals surface area (Å²) in [6, 6.07) is 2.89. The number of nitrogens with one attached hydrogen (secondary N) is 2. The van der Waals surface area contributed by atoms with Crippen molar-refractivity contribution in [2.24, 2.45) is 5.84 Å². The molecular weight excluding hydrogens is 260 g/mol. The van der Waals surface area contributed by atoms with Gasteiger partial charge in [0.25, 0.3) is 0 Å². The van der Waals surface area contributed by atoms with Crippen LogP contribution in [0.5, 0.6) is 0 Å². The summed E-state index contributed by atoms with van der Waals surface area (Å²) in [7, 11) is 0. The first-order valence-electron chi connectivity index (χ1n) is 6.62. The van der Waals surface area contributed by atoms with E-state index in [-0.39, 0.29) is 17.5 Å². The highest BCUT2D eigenvalue weighted by atomic mass is 16.6. The van der Waals surface area contributed by atoms with Gasteiger partial charge in [-0.15, -0.1) is 0 Å². The third kappa shape index (κ3) is 4.32. The van der Waals surface area contributed by atoms with Crippen molar-refractivity contribution >= 4 is 17.3 Å². The topological polar surface area (TPSA) is 109 Å². The van der Waals surface area contributed by atoms with E-state index in [1.54, 1.807) is 0 Å². The summed E-state index contributed by atoms with van der Waals surface area (Å²) in [5.41, 5.74) is 2.33. The Labute approximate surface area is 118 Å². The lowest BCUT2D eigenvalue weighted by atomic mass is 10.3. The first-order chi connectivity index (χ1) is 9.51. The zero-order valence-corrected chi connectivity index (χ0v) is 12.1. The third-order valence-corrected chi connectivity index (χ3v) is 3.03. The van der Waals surface area contributed by atoms with Crippen LogP contribution in [0.25, 0.3) is 0 Å². The molecule has 0 bridgehead atoms. The molecule has 8 heteroatoms. The summed E-state index contributed by atoms with van der Waals surface area (Å²) in [4.78, 5) is 16.9. The van der Waals surface area contributed by atoms with Crippen LogP contribution in [0.2, 0.25) is 0 Å². The maximum Gasteiger partial charge on any atom is 0.311 e. The third-order valence-electron chi connectivity index (χ3n) is 3.03. The van der Waals surface area contributed by atoms with Gasteiger partial charge >= 0.3 is 5.69 Å². The minimum Gasteiger partial charge on any atom is -0.361 e. The number of rotatable bonds is 8. The summed E-state index contributed by atoms with van der Waals surface area (Å²) >= 11 is 0. The number of aromatic nitrogens is 1. The monoisotopic (exact) mass is 282 g/mol. The highest BCUT2D eigenvalue weighted by molar-refractivity contribution is 5.60. The average molecular weight is 282 g/mol. The van der Waals surface area contributed by atoms with Crippen LogP contribution in [-0.4, -0.2) is 40.5 Å². The first-order valence-corrected chi connectivity index (χ1v) is 6.62. The molecular formula is C12H22N6O2. The minimum atomic E-state index is -0.459. The van der Waals surface area contributed by atoms with Crippen LogP contribution in [0, 0.1) is 10.1 Å². The van der Waals surface area contributed by atoms with Gasteiger partial charge in [-0.2, -0.15) is 0 Å². The Kier molecular flexibility index (Phi) is 6.13. The molecule has 1 aromatic heterocycles. The van der Waals surface area contributed by atoms with E-state index in [1.807, 2.05) is 6.92 Å². The number of anilines is 2. The second kappa shape index (κ2) is 7.61. The lowest BCUT2D eigenvalue weighted by Gasteiger charge is -2.23. The van der Waals surface area contributed by atoms with Gasteiger partial charge in [0.1, 0.15) is 5.82 Å². The van der Waals surface area contributed by atoms with Crippen molar-refractivity contribution in [1.29, 1.82) is 0 Å². The molecule has 0 saturated carbocycles. The molecule has 20 heavy (non-hydrogen) atoms. The predicted molar refractivity (Wildman–Crippen MR) is 79.6 cm³/mol. The van der Waals surface area contributed by atoms with Crippen LogP contribution >= 0.6 is 0 Å². The van der Waals surface area contributed by atoms with Crippen molar-refractivity contribution in [3.63, 3.8) is 0 Å². The number of nitro groups is 1. The van der Waals surface area contributed by atoms with E-state index in [0.717, 1.165) is 19.6 Å². The van der Waals surface area contributed by atoms with Gasteiger partial charge in [-0.25, -0.2) is 10.8 Å². The van der Waals surface area contributed by atoms with Gasteiger partial charge in [0.2, 0.25) is 5.82 Å². The molecule has 0 aliphatic rings. The molecule has 0 spiro atoms. The van der Waals surface area contributed by atoms with Crippen molar-refractivity contribution in [3.8, 4) is 0 Å². The summed E-state index contributed by atoms with van der Waals surface area (Å²) in [6.45, 7) is 8.77. The van der Waals surface area contributed by atoms with Crippen molar-refractivity contribution in [1.82, 2.24) is 9.88 Å². The number of nitrogens with zero attached hydrogens (tertiary/aromatic N) is 3. The molecule has 1 heterocycles. The molecule has 112 valence electrons. The van der Waals surface area contributed by atoms with E-state index >= 15 is 0 Å². The van der Waals surface area contributed by atoms with Crippen molar-refractivity contribution in [2.75, 3.05) is 30.4 Å². The molecule has 0 radical (unpaired) electrons. The molecule has 0 aliphatic heterocycles. The normalized spacial score (nSPS) is 12.2. The summed E-state index contributed by atoms with van der Waals surface area (Å²) < 4.78 is 0. The van der Waals surface area contributed by atoms with Crippen LogP contribution in [0.4, 0.5) is 17.3 Å². The second-order valence-corrected chi connectivity index (χ2v) is 4.50. The molecule has 0 aromatic carbocycles. The highest BCUT2D eigenvalue weighted by Gasteiger charge is 2.18. The van der Waals surface area contributed by atoms with Gasteiger partial charge in [-0.1, -0.05) is 13.8 Å². The molecule has 4 N–H and O–H groups in total. The van der Waals surface area contributed by atoms with Crippen LogP contribution < -0.4 is 16.6 Å². The fourth-order valence-corrected chi connectivity index (χ4v) is 1.93. The van der Waals surface area contributed by atoms with Crippen molar-refractivity contribution in [2.45, 2.75) is 26.8 Å². The lowest BCUT2D eigenvalue weighted by molar-refractivity contribution is -0.384. The van der Waals surface area contributed by atoms with Crippen molar-refractivity contribution < 1.29 is 4.92 Å². The number of likely N-dealkylation sites (N-methyl/N-ethyl adjacent to an activating group) is 1. The Balaban J connectivity index is 2.86. The Bertz CT molecular complexity index is 450. The van der Waals surface area contributed by atoms with E-state index in [1.165, 1.54) is 12.1 Å². The summed E-state index contributed by atoms with van der Waals surface area (Å²) in [5, 5.41) is 14.1. The zero-order chi connectivity index (χ0) is 15.1. The number of hydrogen-bond acceptors (Lipinski definition) is 7. The Hall–Kier alpha value is -1.93. The first kappa shape index (κ1) is 16.1. The van der Waals surface area contributed by atoms with Gasteiger partial charge < -0.3 is 15.6 Å². The van der Waals surface area contributed by atoms with Crippen molar-refractivity contribution in [3.05, 3.63) is 22.2 Å². The molecule has 8 nitrogen and oxygen atoms in total. The summed E-state index contributed by atoms with van der Waals surface area (Å²) in [6.07, 6.45) is 0. The predicted octanol–water partition coefficient (Wildman–Crippen LogP) is 1.42. The lowest BCUT2D eigenvalue weighted by Crippen LogP contribution is -2.35. The molecule has 1 rings (SSSR count). The van der Waals surface area contributed by atoms with Gasteiger partial charge in [-0.05, 0) is 26.1 Å². The Morgan fingerprint density at radius 1 is 1.45 bits per heavy atom. The highest BCUT2D eigenvalue weighted by Crippen LogP contribution is 2.24. The van der Waals surface area contributed by atoms with E-state index in [4.69, 9.17) is 5.84 Å². The molecule has 1 atom stereocenters. The fourth-order valence-electron chi connectivity index (χ4n) is 1.93. The van der Waals surface area contributed by atoms with Crippen LogP contribution in [0.1, 0.15) is 20.8 Å². The average Bonchev–Trinajstić information content (AvgIpc) is 2.44. The Morgan fingerprint density at radius 2 is 2.10 bits per heavy atom. The number of nitrogen functional groups attached to an aromatic ring is 1. The van der Waals surface area contributed by atoms with Gasteiger partial charge in [0.05, 0.1) is 4.92 Å². The fraction of sp³-hybridized carbons (Fsp3) is 0.583. The maximum absolute atomic E-state index is 11.0. The largest absolute Gasteiger partial charge is 0.361 e. The molecule has 0 amide bonds. The maximum atomic E-state index is 11.0. The number of hydrazine groups is 1.